The van der Waals surface area contributed by atoms with Crippen LogP contribution in [0.3, 0.4) is 0 Å². The highest BCUT2D eigenvalue weighted by molar-refractivity contribution is 5.89. The van der Waals surface area contributed by atoms with Crippen molar-refractivity contribution in [2.24, 2.45) is 0 Å². The van der Waals surface area contributed by atoms with E-state index in [0.717, 1.165) is 4.57 Å². The van der Waals surface area contributed by atoms with Crippen LogP contribution in [0.4, 0.5) is 9.18 Å². The van der Waals surface area contributed by atoms with Gasteiger partial charge in [-0.05, 0) is 26.8 Å². The highest BCUT2D eigenvalue weighted by atomic mass is 19.1. The minimum absolute atomic E-state index is 0.513. The number of hydrogen-bond acceptors (Lipinski definition) is 2. The maximum absolute atomic E-state index is 13.7. The number of carbonyl (C=O) groups excluding carboxylic acids is 1. The first-order valence-corrected chi connectivity index (χ1v) is 5.38. The lowest BCUT2D eigenvalue weighted by Gasteiger charge is -2.19. The van der Waals surface area contributed by atoms with Gasteiger partial charge in [0.05, 0.1) is 5.52 Å². The average molecular weight is 235 g/mol. The predicted molar refractivity (Wildman–Crippen MR) is 63.5 cm³/mol. The summed E-state index contributed by atoms with van der Waals surface area (Å²) in [7, 11) is 0. The molecule has 0 spiro atoms. The molecule has 90 valence electrons. The zero-order valence-corrected chi connectivity index (χ0v) is 10.0. The molecule has 4 heteroatoms. The second-order valence-corrected chi connectivity index (χ2v) is 4.84. The lowest BCUT2D eigenvalue weighted by molar-refractivity contribution is 0.0527. The number of para-hydroxylation sites is 1. The van der Waals surface area contributed by atoms with Crippen molar-refractivity contribution in [3.8, 4) is 0 Å². The molecule has 0 saturated heterocycles. The normalized spacial score (nSPS) is 11.8. The first kappa shape index (κ1) is 11.6. The van der Waals surface area contributed by atoms with Crippen molar-refractivity contribution in [2.45, 2.75) is 26.4 Å². The van der Waals surface area contributed by atoms with E-state index < -0.39 is 17.6 Å². The van der Waals surface area contributed by atoms with E-state index in [0.29, 0.717) is 10.9 Å². The summed E-state index contributed by atoms with van der Waals surface area (Å²) in [5.74, 6) is -0.611. The first-order valence-electron chi connectivity index (χ1n) is 5.38. The molecule has 0 bridgehead atoms. The van der Waals surface area contributed by atoms with Crippen molar-refractivity contribution in [1.82, 2.24) is 4.57 Å². The zero-order chi connectivity index (χ0) is 12.6. The van der Waals surface area contributed by atoms with E-state index in [2.05, 4.69) is 0 Å². The predicted octanol–water partition coefficient (Wildman–Crippen LogP) is 3.56. The van der Waals surface area contributed by atoms with Crippen LogP contribution in [0.5, 0.6) is 0 Å². The van der Waals surface area contributed by atoms with Crippen molar-refractivity contribution in [3.63, 3.8) is 0 Å². The Morgan fingerprint density at radius 1 is 1.29 bits per heavy atom. The quantitative estimate of drug-likeness (QED) is 0.699. The number of ether oxygens (including phenoxy) is 1. The zero-order valence-electron chi connectivity index (χ0n) is 10.0. The molecule has 0 saturated carbocycles. The van der Waals surface area contributed by atoms with Crippen molar-refractivity contribution in [2.75, 3.05) is 0 Å². The van der Waals surface area contributed by atoms with Gasteiger partial charge in [-0.2, -0.15) is 4.39 Å². The molecule has 1 aromatic heterocycles. The molecule has 0 aliphatic carbocycles. The fourth-order valence-corrected chi connectivity index (χ4v) is 1.61. The van der Waals surface area contributed by atoms with Crippen LogP contribution in [-0.2, 0) is 4.74 Å². The van der Waals surface area contributed by atoms with Gasteiger partial charge >= 0.3 is 6.09 Å². The number of benzene rings is 1. The van der Waals surface area contributed by atoms with E-state index in [4.69, 9.17) is 4.74 Å². The Morgan fingerprint density at radius 2 is 1.94 bits per heavy atom. The monoisotopic (exact) mass is 235 g/mol. The van der Waals surface area contributed by atoms with E-state index in [1.165, 1.54) is 6.07 Å². The minimum atomic E-state index is -0.698. The first-order chi connectivity index (χ1) is 7.88. The molecule has 0 unspecified atom stereocenters. The molecule has 0 N–H and O–H groups in total. The van der Waals surface area contributed by atoms with Crippen LogP contribution in [-0.4, -0.2) is 16.3 Å². The summed E-state index contributed by atoms with van der Waals surface area (Å²) < 4.78 is 19.8. The number of hydrogen-bond donors (Lipinski definition) is 0. The molecule has 17 heavy (non-hydrogen) atoms. The Labute approximate surface area is 98.8 Å². The fraction of sp³-hybridized carbons (Fsp3) is 0.308. The number of fused-ring (bicyclic) bond motifs is 1. The number of nitrogens with zero attached hydrogens (tertiary/aromatic N) is 1. The molecule has 0 aliphatic rings. The van der Waals surface area contributed by atoms with Gasteiger partial charge in [-0.25, -0.2) is 9.36 Å². The lowest BCUT2D eigenvalue weighted by atomic mass is 10.2. The molecule has 3 nitrogen and oxygen atoms in total. The van der Waals surface area contributed by atoms with E-state index in [1.807, 2.05) is 0 Å². The van der Waals surface area contributed by atoms with Gasteiger partial charge in [0, 0.05) is 11.5 Å². The summed E-state index contributed by atoms with van der Waals surface area (Å²) in [5.41, 5.74) is -0.131. The molecule has 1 aromatic carbocycles. The van der Waals surface area contributed by atoms with E-state index in [9.17, 15) is 9.18 Å². The van der Waals surface area contributed by atoms with Crippen LogP contribution in [0.15, 0.2) is 30.3 Å². The Bertz CT molecular complexity index is 566. The van der Waals surface area contributed by atoms with Crippen LogP contribution in [0.25, 0.3) is 10.9 Å². The molecule has 0 fully saturated rings. The van der Waals surface area contributed by atoms with Crippen LogP contribution in [0.2, 0.25) is 0 Å². The summed E-state index contributed by atoms with van der Waals surface area (Å²) in [4.78, 5) is 11.9. The molecule has 1 heterocycles. The SMILES string of the molecule is CC(C)(C)OC(=O)n1c(F)cc2ccccc21. The van der Waals surface area contributed by atoms with Gasteiger partial charge in [0.1, 0.15) is 5.60 Å². The molecular formula is C13H14FNO2. The highest BCUT2D eigenvalue weighted by Crippen LogP contribution is 2.20. The summed E-state index contributed by atoms with van der Waals surface area (Å²) in [6, 6.07) is 8.30. The molecule has 0 atom stereocenters. The Morgan fingerprint density at radius 3 is 2.59 bits per heavy atom. The smallest absolute Gasteiger partial charge is 0.421 e. The highest BCUT2D eigenvalue weighted by Gasteiger charge is 2.21. The van der Waals surface area contributed by atoms with Gasteiger partial charge in [-0.15, -0.1) is 0 Å². The molecule has 0 amide bonds. The van der Waals surface area contributed by atoms with Gasteiger partial charge in [-0.3, -0.25) is 0 Å². The molecule has 0 aliphatic heterocycles. The second-order valence-electron chi connectivity index (χ2n) is 4.84. The molecule has 2 aromatic rings. The molecule has 0 radical (unpaired) electrons. The number of aromatic nitrogens is 1. The summed E-state index contributed by atoms with van der Waals surface area (Å²) in [6.07, 6.45) is -0.698. The lowest BCUT2D eigenvalue weighted by Crippen LogP contribution is -2.27. The summed E-state index contributed by atoms with van der Waals surface area (Å²) in [6.45, 7) is 5.23. The molecular weight excluding hydrogens is 221 g/mol. The number of carbonyl (C=O) groups is 1. The maximum Gasteiger partial charge on any atom is 0.421 e. The van der Waals surface area contributed by atoms with Crippen molar-refractivity contribution in [3.05, 3.63) is 36.3 Å². The van der Waals surface area contributed by atoms with E-state index in [-0.39, 0.29) is 0 Å². The minimum Gasteiger partial charge on any atom is -0.443 e. The van der Waals surface area contributed by atoms with Crippen molar-refractivity contribution >= 4 is 17.0 Å². The van der Waals surface area contributed by atoms with Crippen molar-refractivity contribution in [1.29, 1.82) is 0 Å². The van der Waals surface area contributed by atoms with E-state index in [1.54, 1.807) is 45.0 Å². The topological polar surface area (TPSA) is 31.2 Å². The number of rotatable bonds is 0. The second kappa shape index (κ2) is 3.87. The largest absolute Gasteiger partial charge is 0.443 e. The Hall–Kier alpha value is -1.84. The van der Waals surface area contributed by atoms with Gasteiger partial charge in [-0.1, -0.05) is 18.2 Å². The Balaban J connectivity index is 2.48. The average Bonchev–Trinajstić information content (AvgIpc) is 2.50. The Kier molecular flexibility index (Phi) is 2.65. The van der Waals surface area contributed by atoms with Gasteiger partial charge in [0.2, 0.25) is 5.95 Å². The number of halogens is 1. The summed E-state index contributed by atoms with van der Waals surface area (Å²) in [5, 5.41) is 0.677. The third-order valence-corrected chi connectivity index (χ3v) is 2.24. The van der Waals surface area contributed by atoms with Crippen LogP contribution in [0.1, 0.15) is 20.8 Å². The van der Waals surface area contributed by atoms with Crippen molar-refractivity contribution < 1.29 is 13.9 Å². The van der Waals surface area contributed by atoms with Gasteiger partial charge in [0.15, 0.2) is 0 Å². The van der Waals surface area contributed by atoms with Crippen LogP contribution >= 0.6 is 0 Å². The standard InChI is InChI=1S/C13H14FNO2/c1-13(2,3)17-12(16)15-10-7-5-4-6-9(10)8-11(15)14/h4-8H,1-3H3. The maximum atomic E-state index is 13.7. The van der Waals surface area contributed by atoms with E-state index >= 15 is 0 Å². The third-order valence-electron chi connectivity index (χ3n) is 2.24. The summed E-state index contributed by atoms with van der Waals surface area (Å²) >= 11 is 0. The molecule has 2 rings (SSSR count). The van der Waals surface area contributed by atoms with Gasteiger partial charge in [0.25, 0.3) is 0 Å². The van der Waals surface area contributed by atoms with Gasteiger partial charge < -0.3 is 4.74 Å². The van der Waals surface area contributed by atoms with Crippen LogP contribution < -0.4 is 0 Å². The third kappa shape index (κ3) is 2.30. The fourth-order valence-electron chi connectivity index (χ4n) is 1.61. The van der Waals surface area contributed by atoms with Crippen LogP contribution in [0, 0.1) is 5.95 Å².